The molecule has 0 aliphatic heterocycles. The topological polar surface area (TPSA) is 17.8 Å². The molecule has 1 aromatic heterocycles. The number of benzene rings is 1. The number of hydrogen-bond acceptors (Lipinski definition) is 1. The van der Waals surface area contributed by atoms with Crippen LogP contribution in [0.25, 0.3) is 11.3 Å². The molecule has 2 nitrogen and oxygen atoms in total. The normalized spacial score (nSPS) is 11.8. The third-order valence-electron chi connectivity index (χ3n) is 1.99. The molecule has 6 heteroatoms. The van der Waals surface area contributed by atoms with E-state index >= 15 is 0 Å². The minimum absolute atomic E-state index is 0.0308. The predicted octanol–water partition coefficient (Wildman–Crippen LogP) is 3.68. The molecule has 2 rings (SSSR count). The van der Waals surface area contributed by atoms with E-state index in [0.29, 0.717) is 10.6 Å². The van der Waals surface area contributed by atoms with E-state index < -0.39 is 6.30 Å². The molecule has 0 fully saturated rings. The lowest BCUT2D eigenvalue weighted by Gasteiger charge is -2.04. The zero-order valence-corrected chi connectivity index (χ0v) is 8.63. The molecule has 0 radical (unpaired) electrons. The molecule has 0 aliphatic carbocycles. The Morgan fingerprint density at radius 3 is 2.19 bits per heavy atom. The van der Waals surface area contributed by atoms with Crippen LogP contribution in [0.3, 0.4) is 0 Å². The van der Waals surface area contributed by atoms with E-state index in [1.807, 2.05) is 0 Å². The largest absolute Gasteiger partial charge is 0.504 e. The molecule has 1 heterocycles. The highest BCUT2D eigenvalue weighted by atomic mass is 35.5. The van der Waals surface area contributed by atoms with Gasteiger partial charge in [0.15, 0.2) is 0 Å². The Morgan fingerprint density at radius 2 is 1.69 bits per heavy atom. The fraction of sp³-hybridized carbons (Fsp3) is 0.100. The van der Waals surface area contributed by atoms with E-state index in [-0.39, 0.29) is 10.4 Å². The molecular formula is C10H6ClF3N2. The highest BCUT2D eigenvalue weighted by Gasteiger charge is 2.31. The Bertz CT molecular complexity index is 488. The van der Waals surface area contributed by atoms with E-state index in [1.54, 1.807) is 24.3 Å². The average Bonchev–Trinajstić information content (AvgIpc) is 2.67. The molecule has 0 saturated carbocycles. The first-order chi connectivity index (χ1) is 7.47. The predicted molar refractivity (Wildman–Crippen MR) is 54.0 cm³/mol. The molecule has 0 amide bonds. The molecule has 0 bridgehead atoms. The molecule has 0 saturated heterocycles. The van der Waals surface area contributed by atoms with E-state index in [2.05, 4.69) is 5.10 Å². The van der Waals surface area contributed by atoms with E-state index in [4.69, 9.17) is 11.6 Å². The summed E-state index contributed by atoms with van der Waals surface area (Å²) in [5.41, 5.74) is 0.849. The van der Waals surface area contributed by atoms with Gasteiger partial charge in [-0.1, -0.05) is 23.7 Å². The van der Waals surface area contributed by atoms with Gasteiger partial charge in [0, 0.05) is 16.8 Å². The molecule has 0 N–H and O–H groups in total. The fourth-order valence-electron chi connectivity index (χ4n) is 1.24. The lowest BCUT2D eigenvalue weighted by molar-refractivity contribution is -0.212. The molecule has 0 atom stereocenters. The van der Waals surface area contributed by atoms with Crippen LogP contribution in [0.15, 0.2) is 36.5 Å². The van der Waals surface area contributed by atoms with Crippen molar-refractivity contribution in [2.45, 2.75) is 6.30 Å². The molecule has 2 aromatic rings. The van der Waals surface area contributed by atoms with Gasteiger partial charge in [-0.15, -0.1) is 13.2 Å². The summed E-state index contributed by atoms with van der Waals surface area (Å²) in [5, 5.41) is 3.96. The van der Waals surface area contributed by atoms with Gasteiger partial charge in [0.1, 0.15) is 0 Å². The van der Waals surface area contributed by atoms with E-state index in [0.717, 1.165) is 6.20 Å². The van der Waals surface area contributed by atoms with Crippen LogP contribution in [0.2, 0.25) is 5.02 Å². The number of aromatic nitrogens is 2. The Balaban J connectivity index is 2.35. The second kappa shape index (κ2) is 3.83. The van der Waals surface area contributed by atoms with Gasteiger partial charge in [-0.25, -0.2) is 0 Å². The van der Waals surface area contributed by atoms with Crippen LogP contribution in [0.1, 0.15) is 0 Å². The number of halogens is 4. The van der Waals surface area contributed by atoms with Crippen molar-refractivity contribution in [1.29, 1.82) is 0 Å². The Morgan fingerprint density at radius 1 is 1.06 bits per heavy atom. The summed E-state index contributed by atoms with van der Waals surface area (Å²) >= 11 is 5.67. The highest BCUT2D eigenvalue weighted by Crippen LogP contribution is 2.25. The SMILES string of the molecule is FC(F)(F)n1ccc(-c2ccc(Cl)cc2)n1. The Labute approximate surface area is 94.3 Å². The van der Waals surface area contributed by atoms with Gasteiger partial charge >= 0.3 is 6.30 Å². The van der Waals surface area contributed by atoms with Crippen LogP contribution < -0.4 is 0 Å². The van der Waals surface area contributed by atoms with Crippen molar-refractivity contribution in [2.24, 2.45) is 0 Å². The quantitative estimate of drug-likeness (QED) is 0.751. The fourth-order valence-corrected chi connectivity index (χ4v) is 1.37. The zero-order chi connectivity index (χ0) is 11.8. The first-order valence-corrected chi connectivity index (χ1v) is 4.73. The summed E-state index contributed by atoms with van der Waals surface area (Å²) in [6.45, 7) is 0. The first-order valence-electron chi connectivity index (χ1n) is 4.35. The van der Waals surface area contributed by atoms with E-state index in [1.165, 1.54) is 6.07 Å². The summed E-state index contributed by atoms with van der Waals surface area (Å²) in [6.07, 6.45) is -3.60. The van der Waals surface area contributed by atoms with Crippen molar-refractivity contribution in [3.8, 4) is 11.3 Å². The van der Waals surface area contributed by atoms with Crippen LogP contribution in [0, 0.1) is 0 Å². The van der Waals surface area contributed by atoms with Gasteiger partial charge in [-0.3, -0.25) is 0 Å². The van der Waals surface area contributed by atoms with Crippen LogP contribution >= 0.6 is 11.6 Å². The number of rotatable bonds is 1. The van der Waals surface area contributed by atoms with Crippen LogP contribution in [-0.4, -0.2) is 9.78 Å². The highest BCUT2D eigenvalue weighted by molar-refractivity contribution is 6.30. The molecular weight excluding hydrogens is 241 g/mol. The van der Waals surface area contributed by atoms with Crippen LogP contribution in [0.5, 0.6) is 0 Å². The van der Waals surface area contributed by atoms with Gasteiger partial charge in [0.05, 0.1) is 5.69 Å². The maximum absolute atomic E-state index is 12.3. The maximum Gasteiger partial charge on any atom is 0.504 e. The smallest absolute Gasteiger partial charge is 0.178 e. The molecule has 16 heavy (non-hydrogen) atoms. The lowest BCUT2D eigenvalue weighted by atomic mass is 10.2. The van der Waals surface area contributed by atoms with Gasteiger partial charge in [-0.2, -0.15) is 9.78 Å². The van der Waals surface area contributed by atoms with Crippen molar-refractivity contribution in [3.63, 3.8) is 0 Å². The van der Waals surface area contributed by atoms with Crippen molar-refractivity contribution < 1.29 is 13.2 Å². The van der Waals surface area contributed by atoms with E-state index in [9.17, 15) is 13.2 Å². The number of hydrogen-bond donors (Lipinski definition) is 0. The second-order valence-electron chi connectivity index (χ2n) is 3.12. The van der Waals surface area contributed by atoms with Crippen molar-refractivity contribution >= 4 is 11.6 Å². The third-order valence-corrected chi connectivity index (χ3v) is 2.24. The molecule has 1 aromatic carbocycles. The van der Waals surface area contributed by atoms with Gasteiger partial charge < -0.3 is 0 Å². The maximum atomic E-state index is 12.3. The lowest BCUT2D eigenvalue weighted by Crippen LogP contribution is -2.16. The molecule has 0 aliphatic rings. The number of nitrogens with zero attached hydrogens (tertiary/aromatic N) is 2. The summed E-state index contributed by atoms with van der Waals surface area (Å²) in [7, 11) is 0. The molecule has 0 spiro atoms. The Hall–Kier alpha value is -1.49. The van der Waals surface area contributed by atoms with Crippen molar-refractivity contribution in [2.75, 3.05) is 0 Å². The van der Waals surface area contributed by atoms with Crippen LogP contribution in [0.4, 0.5) is 13.2 Å². The zero-order valence-electron chi connectivity index (χ0n) is 7.87. The van der Waals surface area contributed by atoms with Crippen molar-refractivity contribution in [3.05, 3.63) is 41.6 Å². The number of alkyl halides is 3. The summed E-state index contributed by atoms with van der Waals surface area (Å²) in [6, 6.07) is 7.74. The minimum atomic E-state index is -4.48. The summed E-state index contributed by atoms with van der Waals surface area (Å²) in [5.74, 6) is 0. The van der Waals surface area contributed by atoms with Crippen LogP contribution in [-0.2, 0) is 6.30 Å². The molecule has 84 valence electrons. The summed E-state index contributed by atoms with van der Waals surface area (Å²) < 4.78 is 36.8. The first kappa shape index (κ1) is 11.0. The monoisotopic (exact) mass is 246 g/mol. The van der Waals surface area contributed by atoms with Gasteiger partial charge in [0.25, 0.3) is 0 Å². The van der Waals surface area contributed by atoms with Crippen molar-refractivity contribution in [1.82, 2.24) is 9.78 Å². The van der Waals surface area contributed by atoms with Gasteiger partial charge in [-0.05, 0) is 18.2 Å². The standard InChI is InChI=1S/C10H6ClF3N2/c11-8-3-1-7(2-4-8)9-5-6-16(15-9)10(12,13)14/h1-6H. The van der Waals surface area contributed by atoms with Gasteiger partial charge in [0.2, 0.25) is 0 Å². The minimum Gasteiger partial charge on any atom is -0.178 e. The summed E-state index contributed by atoms with van der Waals surface area (Å²) in [4.78, 5) is 0. The average molecular weight is 247 g/mol. The second-order valence-corrected chi connectivity index (χ2v) is 3.56. The third kappa shape index (κ3) is 2.19. The Kier molecular flexibility index (Phi) is 2.63. The molecule has 0 unspecified atom stereocenters.